The maximum atomic E-state index is 12.3. The molecule has 24 heavy (non-hydrogen) atoms. The number of rotatable bonds is 5. The lowest BCUT2D eigenvalue weighted by Crippen LogP contribution is -2.34. The SMILES string of the molecule is O=C(NCC1Cc2ccccc2O1)c1ccc(CN2CCCC2)o1. The Bertz CT molecular complexity index is 694. The summed E-state index contributed by atoms with van der Waals surface area (Å²) in [5, 5.41) is 2.91. The minimum absolute atomic E-state index is 0.00891. The fourth-order valence-electron chi connectivity index (χ4n) is 3.41. The zero-order chi connectivity index (χ0) is 16.4. The standard InChI is InChI=1S/C19H22N2O3/c22-19(18-8-7-15(23-18)13-21-9-3-4-10-21)20-12-16-11-14-5-1-2-6-17(14)24-16/h1-2,5-8,16H,3-4,9-13H2,(H,20,22). The molecule has 0 bridgehead atoms. The molecule has 126 valence electrons. The first-order valence-corrected chi connectivity index (χ1v) is 8.62. The largest absolute Gasteiger partial charge is 0.488 e. The number of likely N-dealkylation sites (tertiary alicyclic amines) is 1. The van der Waals surface area contributed by atoms with E-state index in [9.17, 15) is 4.79 Å². The average Bonchev–Trinajstić information content (AvgIpc) is 3.33. The Morgan fingerprint density at radius 1 is 1.17 bits per heavy atom. The number of ether oxygens (including phenoxy) is 1. The third-order valence-electron chi connectivity index (χ3n) is 4.67. The van der Waals surface area contributed by atoms with Gasteiger partial charge in [-0.25, -0.2) is 0 Å². The summed E-state index contributed by atoms with van der Waals surface area (Å²) in [6.45, 7) is 3.49. The van der Waals surface area contributed by atoms with Gasteiger partial charge in [-0.3, -0.25) is 9.69 Å². The van der Waals surface area contributed by atoms with E-state index in [0.29, 0.717) is 12.3 Å². The number of hydrogen-bond acceptors (Lipinski definition) is 4. The minimum Gasteiger partial charge on any atom is -0.488 e. The molecule has 2 aromatic rings. The van der Waals surface area contributed by atoms with Crippen LogP contribution in [0.3, 0.4) is 0 Å². The normalized spacial score (nSPS) is 19.9. The first-order chi connectivity index (χ1) is 11.8. The molecule has 1 aromatic heterocycles. The zero-order valence-electron chi connectivity index (χ0n) is 13.7. The highest BCUT2D eigenvalue weighted by Gasteiger charge is 2.23. The van der Waals surface area contributed by atoms with Gasteiger partial charge in [0.25, 0.3) is 5.91 Å². The fourth-order valence-corrected chi connectivity index (χ4v) is 3.41. The highest BCUT2D eigenvalue weighted by Crippen LogP contribution is 2.27. The van der Waals surface area contributed by atoms with E-state index in [-0.39, 0.29) is 12.0 Å². The third-order valence-corrected chi connectivity index (χ3v) is 4.67. The molecular formula is C19H22N2O3. The van der Waals surface area contributed by atoms with Crippen molar-refractivity contribution in [1.29, 1.82) is 0 Å². The Balaban J connectivity index is 1.28. The van der Waals surface area contributed by atoms with Crippen LogP contribution in [0.4, 0.5) is 0 Å². The first-order valence-electron chi connectivity index (χ1n) is 8.62. The van der Waals surface area contributed by atoms with Crippen LogP contribution in [0.1, 0.15) is 34.7 Å². The van der Waals surface area contributed by atoms with Gasteiger partial charge in [0, 0.05) is 6.42 Å². The highest BCUT2D eigenvalue weighted by molar-refractivity contribution is 5.91. The lowest BCUT2D eigenvalue weighted by atomic mass is 10.1. The van der Waals surface area contributed by atoms with Crippen LogP contribution in [0, 0.1) is 0 Å². The number of carbonyl (C=O) groups is 1. The van der Waals surface area contributed by atoms with Crippen molar-refractivity contribution in [2.24, 2.45) is 0 Å². The quantitative estimate of drug-likeness (QED) is 0.918. The summed E-state index contributed by atoms with van der Waals surface area (Å²) >= 11 is 0. The number of nitrogens with one attached hydrogen (secondary N) is 1. The van der Waals surface area contributed by atoms with Crippen molar-refractivity contribution in [3.8, 4) is 5.75 Å². The molecule has 0 radical (unpaired) electrons. The summed E-state index contributed by atoms with van der Waals surface area (Å²) in [7, 11) is 0. The van der Waals surface area contributed by atoms with E-state index in [1.165, 1.54) is 18.4 Å². The Kier molecular flexibility index (Phi) is 4.26. The second kappa shape index (κ2) is 6.69. The smallest absolute Gasteiger partial charge is 0.287 e. The van der Waals surface area contributed by atoms with Crippen molar-refractivity contribution in [1.82, 2.24) is 10.2 Å². The van der Waals surface area contributed by atoms with Crippen LogP contribution in [0.15, 0.2) is 40.8 Å². The Labute approximate surface area is 141 Å². The number of hydrogen-bond donors (Lipinski definition) is 1. The maximum absolute atomic E-state index is 12.3. The van der Waals surface area contributed by atoms with Gasteiger partial charge in [0.15, 0.2) is 5.76 Å². The molecule has 1 atom stereocenters. The molecule has 5 nitrogen and oxygen atoms in total. The number of para-hydroxylation sites is 1. The van der Waals surface area contributed by atoms with Crippen LogP contribution < -0.4 is 10.1 Å². The number of fused-ring (bicyclic) bond motifs is 1. The molecule has 5 heteroatoms. The van der Waals surface area contributed by atoms with E-state index >= 15 is 0 Å². The molecule has 1 N–H and O–H groups in total. The first kappa shape index (κ1) is 15.3. The predicted molar refractivity (Wildman–Crippen MR) is 90.1 cm³/mol. The molecule has 1 saturated heterocycles. The van der Waals surface area contributed by atoms with E-state index in [0.717, 1.165) is 37.6 Å². The number of furan rings is 1. The average molecular weight is 326 g/mol. The highest BCUT2D eigenvalue weighted by atomic mass is 16.5. The van der Waals surface area contributed by atoms with E-state index < -0.39 is 0 Å². The molecular weight excluding hydrogens is 304 g/mol. The second-order valence-corrected chi connectivity index (χ2v) is 6.51. The Morgan fingerprint density at radius 2 is 2.00 bits per heavy atom. The zero-order valence-corrected chi connectivity index (χ0v) is 13.7. The van der Waals surface area contributed by atoms with Gasteiger partial charge in [-0.1, -0.05) is 18.2 Å². The summed E-state index contributed by atoms with van der Waals surface area (Å²) in [5.74, 6) is 1.97. The maximum Gasteiger partial charge on any atom is 0.287 e. The molecule has 2 aliphatic heterocycles. The van der Waals surface area contributed by atoms with Crippen molar-refractivity contribution in [2.45, 2.75) is 31.9 Å². The van der Waals surface area contributed by atoms with Crippen molar-refractivity contribution in [2.75, 3.05) is 19.6 Å². The molecule has 0 saturated carbocycles. The minimum atomic E-state index is -0.178. The monoisotopic (exact) mass is 326 g/mol. The van der Waals surface area contributed by atoms with Gasteiger partial charge >= 0.3 is 0 Å². The van der Waals surface area contributed by atoms with Gasteiger partial charge < -0.3 is 14.5 Å². The van der Waals surface area contributed by atoms with Gasteiger partial charge in [-0.15, -0.1) is 0 Å². The molecule has 0 spiro atoms. The lowest BCUT2D eigenvalue weighted by Gasteiger charge is -2.12. The molecule has 1 fully saturated rings. The molecule has 0 aliphatic carbocycles. The lowest BCUT2D eigenvalue weighted by molar-refractivity contribution is 0.0902. The van der Waals surface area contributed by atoms with Crippen molar-refractivity contribution in [3.05, 3.63) is 53.5 Å². The number of carbonyl (C=O) groups excluding carboxylic acids is 1. The number of amides is 1. The van der Waals surface area contributed by atoms with Crippen molar-refractivity contribution < 1.29 is 13.9 Å². The van der Waals surface area contributed by atoms with Crippen LogP contribution in [0.2, 0.25) is 0 Å². The molecule has 4 rings (SSSR count). The number of nitrogens with zero attached hydrogens (tertiary/aromatic N) is 1. The van der Waals surface area contributed by atoms with E-state index in [2.05, 4.69) is 16.3 Å². The van der Waals surface area contributed by atoms with Gasteiger partial charge in [-0.05, 0) is 49.7 Å². The molecule has 3 heterocycles. The summed E-state index contributed by atoms with van der Waals surface area (Å²) in [4.78, 5) is 14.6. The summed E-state index contributed by atoms with van der Waals surface area (Å²) in [6, 6.07) is 11.7. The summed E-state index contributed by atoms with van der Waals surface area (Å²) in [5.41, 5.74) is 1.20. The van der Waals surface area contributed by atoms with Crippen molar-refractivity contribution in [3.63, 3.8) is 0 Å². The second-order valence-electron chi connectivity index (χ2n) is 6.51. The molecule has 1 aromatic carbocycles. The van der Waals surface area contributed by atoms with E-state index in [4.69, 9.17) is 9.15 Å². The van der Waals surface area contributed by atoms with Crippen LogP contribution in [0.5, 0.6) is 5.75 Å². The van der Waals surface area contributed by atoms with Gasteiger partial charge in [-0.2, -0.15) is 0 Å². The topological polar surface area (TPSA) is 54.7 Å². The summed E-state index contributed by atoms with van der Waals surface area (Å²) < 4.78 is 11.5. The molecule has 2 aliphatic rings. The molecule has 1 unspecified atom stereocenters. The Hall–Kier alpha value is -2.27. The van der Waals surface area contributed by atoms with E-state index in [1.54, 1.807) is 6.07 Å². The fraction of sp³-hybridized carbons (Fsp3) is 0.421. The predicted octanol–water partition coefficient (Wildman–Crippen LogP) is 2.61. The van der Waals surface area contributed by atoms with Crippen LogP contribution in [0.25, 0.3) is 0 Å². The number of benzene rings is 1. The van der Waals surface area contributed by atoms with Crippen LogP contribution >= 0.6 is 0 Å². The summed E-state index contributed by atoms with van der Waals surface area (Å²) in [6.07, 6.45) is 3.31. The van der Waals surface area contributed by atoms with Crippen molar-refractivity contribution >= 4 is 5.91 Å². The van der Waals surface area contributed by atoms with Gasteiger partial charge in [0.2, 0.25) is 0 Å². The molecule has 1 amide bonds. The Morgan fingerprint density at radius 3 is 2.83 bits per heavy atom. The van der Waals surface area contributed by atoms with Crippen LogP contribution in [-0.2, 0) is 13.0 Å². The van der Waals surface area contributed by atoms with E-state index in [1.807, 2.05) is 24.3 Å². The van der Waals surface area contributed by atoms with Gasteiger partial charge in [0.05, 0.1) is 13.1 Å². The van der Waals surface area contributed by atoms with Gasteiger partial charge in [0.1, 0.15) is 17.6 Å². The van der Waals surface area contributed by atoms with Crippen LogP contribution in [-0.4, -0.2) is 36.5 Å². The third kappa shape index (κ3) is 3.31.